The first-order chi connectivity index (χ1) is 8.18. The van der Waals surface area contributed by atoms with Crippen LogP contribution in [0.1, 0.15) is 71.6 Å². The second-order valence-electron chi connectivity index (χ2n) is 6.25. The van der Waals surface area contributed by atoms with Gasteiger partial charge < -0.3 is 5.11 Å². The number of hydrogen-bond acceptors (Lipinski definition) is 2. The predicted molar refractivity (Wildman–Crippen MR) is 72.1 cm³/mol. The zero-order valence-electron chi connectivity index (χ0n) is 11.6. The molecule has 0 aromatic heterocycles. The van der Waals surface area contributed by atoms with E-state index in [0.29, 0.717) is 0 Å². The molecule has 2 aliphatic rings. The fourth-order valence-corrected chi connectivity index (χ4v) is 3.87. The number of unbranched alkanes of at least 4 members (excludes halogenated alkanes) is 2. The number of rotatable bonds is 6. The highest BCUT2D eigenvalue weighted by atomic mass is 16.3. The quantitative estimate of drug-likeness (QED) is 0.719. The standard InChI is InChI=1S/C15H29NO/c1-12-8-9-15-11-10-14(16(12)15)7-5-3-4-6-13(2)17/h12-15,17H,3-11H2,1-2H3/t12-,13-,14+,15+/m1/s1. The highest BCUT2D eigenvalue weighted by Crippen LogP contribution is 2.38. The van der Waals surface area contributed by atoms with Gasteiger partial charge in [0.05, 0.1) is 6.10 Å². The summed E-state index contributed by atoms with van der Waals surface area (Å²) in [6.07, 6.45) is 11.9. The van der Waals surface area contributed by atoms with E-state index in [1.807, 2.05) is 6.92 Å². The molecule has 2 rings (SSSR count). The third-order valence-electron chi connectivity index (χ3n) is 4.76. The minimum atomic E-state index is -0.107. The molecule has 0 spiro atoms. The van der Waals surface area contributed by atoms with E-state index in [1.165, 1.54) is 51.4 Å². The Bertz CT molecular complexity index is 229. The average Bonchev–Trinajstić information content (AvgIpc) is 2.82. The molecule has 0 aromatic carbocycles. The van der Waals surface area contributed by atoms with Gasteiger partial charge in [-0.2, -0.15) is 0 Å². The molecule has 2 fully saturated rings. The van der Waals surface area contributed by atoms with Crippen molar-refractivity contribution >= 4 is 0 Å². The van der Waals surface area contributed by atoms with E-state index < -0.39 is 0 Å². The molecular weight excluding hydrogens is 210 g/mol. The maximum atomic E-state index is 9.21. The molecule has 17 heavy (non-hydrogen) atoms. The van der Waals surface area contributed by atoms with Crippen molar-refractivity contribution < 1.29 is 5.11 Å². The lowest BCUT2D eigenvalue weighted by molar-refractivity contribution is 0.173. The van der Waals surface area contributed by atoms with Gasteiger partial charge in [-0.1, -0.05) is 19.3 Å². The van der Waals surface area contributed by atoms with E-state index in [0.717, 1.165) is 24.5 Å². The van der Waals surface area contributed by atoms with E-state index in [4.69, 9.17) is 0 Å². The Morgan fingerprint density at radius 3 is 2.65 bits per heavy atom. The SMILES string of the molecule is C[C@@H]1CC[C@H]2CC[C@H](CCCCC[C@@H](C)O)N21. The summed E-state index contributed by atoms with van der Waals surface area (Å²) in [4.78, 5) is 2.81. The van der Waals surface area contributed by atoms with Gasteiger partial charge in [0.1, 0.15) is 0 Å². The topological polar surface area (TPSA) is 23.5 Å². The summed E-state index contributed by atoms with van der Waals surface area (Å²) in [7, 11) is 0. The molecule has 0 aromatic rings. The van der Waals surface area contributed by atoms with Crippen LogP contribution in [0.2, 0.25) is 0 Å². The maximum Gasteiger partial charge on any atom is 0.0512 e. The van der Waals surface area contributed by atoms with Gasteiger partial charge in [0.25, 0.3) is 0 Å². The van der Waals surface area contributed by atoms with E-state index in [1.54, 1.807) is 0 Å². The number of fused-ring (bicyclic) bond motifs is 1. The van der Waals surface area contributed by atoms with E-state index in [-0.39, 0.29) is 6.10 Å². The van der Waals surface area contributed by atoms with Crippen LogP contribution in [-0.4, -0.2) is 34.2 Å². The summed E-state index contributed by atoms with van der Waals surface area (Å²) in [6, 6.07) is 2.64. The first-order valence-electron chi connectivity index (χ1n) is 7.64. The van der Waals surface area contributed by atoms with Crippen molar-refractivity contribution in [2.45, 2.75) is 95.9 Å². The summed E-state index contributed by atoms with van der Waals surface area (Å²) in [5.74, 6) is 0. The molecule has 4 atom stereocenters. The Hall–Kier alpha value is -0.0800. The van der Waals surface area contributed by atoms with Crippen molar-refractivity contribution in [1.29, 1.82) is 0 Å². The molecule has 0 saturated carbocycles. The minimum absolute atomic E-state index is 0.107. The number of aliphatic hydroxyl groups is 1. The molecular formula is C15H29NO. The molecule has 0 unspecified atom stereocenters. The summed E-state index contributed by atoms with van der Waals surface area (Å²) < 4.78 is 0. The highest BCUT2D eigenvalue weighted by Gasteiger charge is 2.39. The molecule has 0 amide bonds. The van der Waals surface area contributed by atoms with Crippen LogP contribution in [-0.2, 0) is 0 Å². The monoisotopic (exact) mass is 239 g/mol. The molecule has 2 heteroatoms. The van der Waals surface area contributed by atoms with Gasteiger partial charge in [0.2, 0.25) is 0 Å². The highest BCUT2D eigenvalue weighted by molar-refractivity contribution is 4.95. The van der Waals surface area contributed by atoms with Crippen LogP contribution >= 0.6 is 0 Å². The molecule has 100 valence electrons. The van der Waals surface area contributed by atoms with Gasteiger partial charge >= 0.3 is 0 Å². The summed E-state index contributed by atoms with van der Waals surface area (Å²) in [6.45, 7) is 4.30. The van der Waals surface area contributed by atoms with Crippen molar-refractivity contribution in [2.24, 2.45) is 0 Å². The predicted octanol–water partition coefficient (Wildman–Crippen LogP) is 3.33. The lowest BCUT2D eigenvalue weighted by Gasteiger charge is -2.28. The Balaban J connectivity index is 1.63. The molecule has 2 nitrogen and oxygen atoms in total. The molecule has 0 bridgehead atoms. The number of aliphatic hydroxyl groups excluding tert-OH is 1. The van der Waals surface area contributed by atoms with Crippen LogP contribution < -0.4 is 0 Å². The maximum absolute atomic E-state index is 9.21. The second kappa shape index (κ2) is 6.19. The number of hydrogen-bond donors (Lipinski definition) is 1. The van der Waals surface area contributed by atoms with E-state index >= 15 is 0 Å². The molecule has 0 aliphatic carbocycles. The van der Waals surface area contributed by atoms with Crippen molar-refractivity contribution in [3.63, 3.8) is 0 Å². The van der Waals surface area contributed by atoms with Crippen LogP contribution in [0.15, 0.2) is 0 Å². The van der Waals surface area contributed by atoms with Crippen LogP contribution in [0.4, 0.5) is 0 Å². The Labute approximate surface area is 106 Å². The van der Waals surface area contributed by atoms with Crippen LogP contribution in [0, 0.1) is 0 Å². The molecule has 0 radical (unpaired) electrons. The second-order valence-corrected chi connectivity index (χ2v) is 6.25. The zero-order chi connectivity index (χ0) is 12.3. The largest absolute Gasteiger partial charge is 0.393 e. The third-order valence-corrected chi connectivity index (χ3v) is 4.76. The summed E-state index contributed by atoms with van der Waals surface area (Å²) >= 11 is 0. The van der Waals surface area contributed by atoms with Crippen LogP contribution in [0.5, 0.6) is 0 Å². The van der Waals surface area contributed by atoms with Crippen LogP contribution in [0.3, 0.4) is 0 Å². The van der Waals surface area contributed by atoms with E-state index in [9.17, 15) is 5.11 Å². The lowest BCUT2D eigenvalue weighted by atomic mass is 10.0. The minimum Gasteiger partial charge on any atom is -0.393 e. The number of nitrogens with zero attached hydrogens (tertiary/aromatic N) is 1. The average molecular weight is 239 g/mol. The Morgan fingerprint density at radius 2 is 1.88 bits per heavy atom. The third kappa shape index (κ3) is 3.45. The summed E-state index contributed by atoms with van der Waals surface area (Å²) in [5.41, 5.74) is 0. The first kappa shape index (κ1) is 13.4. The van der Waals surface area contributed by atoms with Gasteiger partial charge in [-0.25, -0.2) is 0 Å². The van der Waals surface area contributed by atoms with Crippen molar-refractivity contribution in [3.8, 4) is 0 Å². The van der Waals surface area contributed by atoms with Crippen molar-refractivity contribution in [3.05, 3.63) is 0 Å². The molecule has 1 N–H and O–H groups in total. The molecule has 2 saturated heterocycles. The molecule has 2 aliphatic heterocycles. The fourth-order valence-electron chi connectivity index (χ4n) is 3.87. The smallest absolute Gasteiger partial charge is 0.0512 e. The first-order valence-corrected chi connectivity index (χ1v) is 7.64. The lowest BCUT2D eigenvalue weighted by Crippen LogP contribution is -2.36. The van der Waals surface area contributed by atoms with Crippen molar-refractivity contribution in [1.82, 2.24) is 4.90 Å². The fraction of sp³-hybridized carbons (Fsp3) is 1.00. The van der Waals surface area contributed by atoms with Gasteiger partial charge in [-0.3, -0.25) is 4.90 Å². The summed E-state index contributed by atoms with van der Waals surface area (Å²) in [5, 5.41) is 9.21. The van der Waals surface area contributed by atoms with Gasteiger partial charge in [0, 0.05) is 18.1 Å². The van der Waals surface area contributed by atoms with Gasteiger partial charge in [0.15, 0.2) is 0 Å². The van der Waals surface area contributed by atoms with E-state index in [2.05, 4.69) is 11.8 Å². The van der Waals surface area contributed by atoms with Gasteiger partial charge in [-0.05, 0) is 52.4 Å². The molecule has 2 heterocycles. The Kier molecular flexibility index (Phi) is 4.87. The normalized spacial score (nSPS) is 35.1. The zero-order valence-corrected chi connectivity index (χ0v) is 11.6. The van der Waals surface area contributed by atoms with Gasteiger partial charge in [-0.15, -0.1) is 0 Å². The Morgan fingerprint density at radius 1 is 1.12 bits per heavy atom. The van der Waals surface area contributed by atoms with Crippen molar-refractivity contribution in [2.75, 3.05) is 0 Å². The van der Waals surface area contributed by atoms with Crippen LogP contribution in [0.25, 0.3) is 0 Å².